The number of hydrogen-bond donors (Lipinski definition) is 0. The number of likely N-dealkylation sites (tertiary alicyclic amines) is 1. The fraction of sp³-hybridized carbons (Fsp3) is 0.500. The van der Waals surface area contributed by atoms with Crippen molar-refractivity contribution in [3.63, 3.8) is 0 Å². The summed E-state index contributed by atoms with van der Waals surface area (Å²) in [4.78, 5) is 16.9. The van der Waals surface area contributed by atoms with E-state index in [1.807, 2.05) is 19.0 Å². The number of carbonyl (C=O) groups is 1. The summed E-state index contributed by atoms with van der Waals surface area (Å²) in [6, 6.07) is 9.47. The van der Waals surface area contributed by atoms with Gasteiger partial charge in [0.15, 0.2) is 0 Å². The van der Waals surface area contributed by atoms with Crippen molar-refractivity contribution in [2.24, 2.45) is 5.92 Å². The van der Waals surface area contributed by atoms with Crippen LogP contribution in [-0.4, -0.2) is 61.6 Å². The third kappa shape index (κ3) is 2.41. The van der Waals surface area contributed by atoms with Gasteiger partial charge in [-0.1, -0.05) is 6.07 Å². The van der Waals surface area contributed by atoms with Gasteiger partial charge in [0.05, 0.1) is 30.9 Å². The van der Waals surface area contributed by atoms with Gasteiger partial charge >= 0.3 is 0 Å². The van der Waals surface area contributed by atoms with Crippen LogP contribution < -0.4 is 0 Å². The molecule has 3 rings (SSSR count). The Hall–Kier alpha value is -1.90. The lowest BCUT2D eigenvalue weighted by Gasteiger charge is -2.24. The van der Waals surface area contributed by atoms with Crippen LogP contribution in [0.25, 0.3) is 0 Å². The van der Waals surface area contributed by atoms with E-state index in [1.54, 1.807) is 24.3 Å². The van der Waals surface area contributed by atoms with Crippen molar-refractivity contribution in [3.8, 4) is 6.07 Å². The Labute approximate surface area is 124 Å². The van der Waals surface area contributed by atoms with Crippen molar-refractivity contribution in [2.75, 3.05) is 33.9 Å². The topological polar surface area (TPSA) is 56.6 Å². The second kappa shape index (κ2) is 5.47. The Bertz CT molecular complexity index is 593. The van der Waals surface area contributed by atoms with Gasteiger partial charge in [-0.2, -0.15) is 5.26 Å². The van der Waals surface area contributed by atoms with Crippen molar-refractivity contribution >= 4 is 5.91 Å². The highest BCUT2D eigenvalue weighted by Gasteiger charge is 2.48. The molecule has 2 fully saturated rings. The number of ether oxygens (including phenoxy) is 1. The monoisotopic (exact) mass is 285 g/mol. The van der Waals surface area contributed by atoms with Gasteiger partial charge in [0, 0.05) is 24.1 Å². The standard InChI is InChI=1S/C16H19N3O2/c1-18(2)14-8-19(15-10-21-9-13(14)15)16(20)12-5-3-4-11(6-12)7-17/h3-6,13-15H,8-10H2,1-2H3/t13-,14-,15-/m1/s1. The highest BCUT2D eigenvalue weighted by Crippen LogP contribution is 2.33. The zero-order valence-electron chi connectivity index (χ0n) is 12.3. The van der Waals surface area contributed by atoms with Gasteiger partial charge in [-0.15, -0.1) is 0 Å². The fourth-order valence-corrected chi connectivity index (χ4v) is 3.39. The first kappa shape index (κ1) is 14.1. The minimum atomic E-state index is -0.00282. The van der Waals surface area contributed by atoms with Gasteiger partial charge in [0.25, 0.3) is 5.91 Å². The normalized spacial score (nSPS) is 27.7. The van der Waals surface area contributed by atoms with Crippen LogP contribution in [0, 0.1) is 17.2 Å². The molecular formula is C16H19N3O2. The lowest BCUT2D eigenvalue weighted by atomic mass is 9.99. The molecule has 2 heterocycles. The largest absolute Gasteiger partial charge is 0.379 e. The number of rotatable bonds is 2. The molecule has 5 nitrogen and oxygen atoms in total. The van der Waals surface area contributed by atoms with Crippen LogP contribution in [0.15, 0.2) is 24.3 Å². The number of likely N-dealkylation sites (N-methyl/N-ethyl adjacent to an activating group) is 1. The average molecular weight is 285 g/mol. The molecule has 2 saturated heterocycles. The Morgan fingerprint density at radius 3 is 2.95 bits per heavy atom. The van der Waals surface area contributed by atoms with Crippen molar-refractivity contribution in [2.45, 2.75) is 12.1 Å². The lowest BCUT2D eigenvalue weighted by molar-refractivity contribution is 0.0677. The van der Waals surface area contributed by atoms with E-state index in [4.69, 9.17) is 10.00 Å². The zero-order chi connectivity index (χ0) is 15.0. The van der Waals surface area contributed by atoms with Crippen LogP contribution in [0.4, 0.5) is 0 Å². The summed E-state index contributed by atoms with van der Waals surface area (Å²) < 4.78 is 5.58. The molecule has 1 aromatic rings. The summed E-state index contributed by atoms with van der Waals surface area (Å²) >= 11 is 0. The predicted octanol–water partition coefficient (Wildman–Crippen LogP) is 0.959. The van der Waals surface area contributed by atoms with Crippen molar-refractivity contribution < 1.29 is 9.53 Å². The molecule has 0 N–H and O–H groups in total. The van der Waals surface area contributed by atoms with Gasteiger partial charge in [-0.25, -0.2) is 0 Å². The Kier molecular flexibility index (Phi) is 3.66. The first-order valence-electron chi connectivity index (χ1n) is 7.17. The van der Waals surface area contributed by atoms with Gasteiger partial charge in [0.2, 0.25) is 0 Å². The molecule has 3 atom stereocenters. The number of fused-ring (bicyclic) bond motifs is 1. The summed E-state index contributed by atoms with van der Waals surface area (Å²) in [6.07, 6.45) is 0. The van der Waals surface area contributed by atoms with E-state index in [-0.39, 0.29) is 11.9 Å². The summed E-state index contributed by atoms with van der Waals surface area (Å²) in [5.41, 5.74) is 1.10. The van der Waals surface area contributed by atoms with Gasteiger partial charge in [-0.3, -0.25) is 4.79 Å². The molecule has 0 saturated carbocycles. The van der Waals surface area contributed by atoms with E-state index in [0.717, 1.165) is 13.2 Å². The number of amides is 1. The van der Waals surface area contributed by atoms with E-state index in [0.29, 0.717) is 29.7 Å². The maximum Gasteiger partial charge on any atom is 0.254 e. The molecule has 0 aromatic heterocycles. The van der Waals surface area contributed by atoms with E-state index < -0.39 is 0 Å². The molecular weight excluding hydrogens is 266 g/mol. The van der Waals surface area contributed by atoms with Crippen molar-refractivity contribution in [1.29, 1.82) is 5.26 Å². The van der Waals surface area contributed by atoms with Gasteiger partial charge in [0.1, 0.15) is 0 Å². The molecule has 0 aliphatic carbocycles. The maximum absolute atomic E-state index is 12.8. The van der Waals surface area contributed by atoms with Crippen LogP contribution in [0.2, 0.25) is 0 Å². The van der Waals surface area contributed by atoms with Gasteiger partial charge < -0.3 is 14.5 Å². The number of hydrogen-bond acceptors (Lipinski definition) is 4. The molecule has 0 spiro atoms. The van der Waals surface area contributed by atoms with E-state index in [9.17, 15) is 4.79 Å². The van der Waals surface area contributed by atoms with Crippen molar-refractivity contribution in [3.05, 3.63) is 35.4 Å². The third-order valence-corrected chi connectivity index (χ3v) is 4.53. The molecule has 21 heavy (non-hydrogen) atoms. The molecule has 1 amide bonds. The summed E-state index contributed by atoms with van der Waals surface area (Å²) in [5.74, 6) is 0.375. The van der Waals surface area contributed by atoms with Crippen LogP contribution in [-0.2, 0) is 4.74 Å². The maximum atomic E-state index is 12.8. The minimum Gasteiger partial charge on any atom is -0.379 e. The SMILES string of the molecule is CN(C)[C@@H]1CN(C(=O)c2cccc(C#N)c2)[C@@H]2COC[C@H]12. The summed E-state index contributed by atoms with van der Waals surface area (Å²) in [5, 5.41) is 8.97. The summed E-state index contributed by atoms with van der Waals surface area (Å²) in [7, 11) is 4.09. The second-order valence-electron chi connectivity index (χ2n) is 5.95. The molecule has 5 heteroatoms. The Morgan fingerprint density at radius 1 is 1.43 bits per heavy atom. The predicted molar refractivity (Wildman–Crippen MR) is 77.8 cm³/mol. The third-order valence-electron chi connectivity index (χ3n) is 4.53. The van der Waals surface area contributed by atoms with Crippen LogP contribution in [0.5, 0.6) is 0 Å². The fourth-order valence-electron chi connectivity index (χ4n) is 3.39. The minimum absolute atomic E-state index is 0.00282. The molecule has 2 aliphatic heterocycles. The molecule has 1 aromatic carbocycles. The number of nitriles is 1. The molecule has 0 radical (unpaired) electrons. The van der Waals surface area contributed by atoms with Crippen LogP contribution in [0.1, 0.15) is 15.9 Å². The highest BCUT2D eigenvalue weighted by atomic mass is 16.5. The first-order chi connectivity index (χ1) is 10.1. The number of nitrogens with zero attached hydrogens (tertiary/aromatic N) is 3. The second-order valence-corrected chi connectivity index (χ2v) is 5.95. The average Bonchev–Trinajstić information content (AvgIpc) is 3.08. The quantitative estimate of drug-likeness (QED) is 0.812. The first-order valence-corrected chi connectivity index (χ1v) is 7.17. The number of benzene rings is 1. The van der Waals surface area contributed by atoms with Gasteiger partial charge in [-0.05, 0) is 32.3 Å². The van der Waals surface area contributed by atoms with E-state index >= 15 is 0 Å². The molecule has 2 aliphatic rings. The number of carbonyl (C=O) groups excluding carboxylic acids is 1. The zero-order valence-corrected chi connectivity index (χ0v) is 12.3. The summed E-state index contributed by atoms with van der Waals surface area (Å²) in [6.45, 7) is 2.05. The smallest absolute Gasteiger partial charge is 0.254 e. The van der Waals surface area contributed by atoms with Crippen molar-refractivity contribution in [1.82, 2.24) is 9.80 Å². The Balaban J connectivity index is 1.86. The van der Waals surface area contributed by atoms with Crippen LogP contribution >= 0.6 is 0 Å². The van der Waals surface area contributed by atoms with E-state index in [2.05, 4.69) is 11.0 Å². The molecule has 0 bridgehead atoms. The molecule has 0 unspecified atom stereocenters. The van der Waals surface area contributed by atoms with Crippen LogP contribution in [0.3, 0.4) is 0 Å². The Morgan fingerprint density at radius 2 is 2.24 bits per heavy atom. The highest BCUT2D eigenvalue weighted by molar-refractivity contribution is 5.95. The van der Waals surface area contributed by atoms with E-state index in [1.165, 1.54) is 0 Å². The molecule has 110 valence electrons. The lowest BCUT2D eigenvalue weighted by Crippen LogP contribution is -2.38.